The molecule has 0 aliphatic carbocycles. The summed E-state index contributed by atoms with van der Waals surface area (Å²) in [6.45, 7) is -7.53. The molecule has 0 bridgehead atoms. The molecule has 6 aromatic rings. The normalized spacial score (nSPS) is 28.6. The van der Waals surface area contributed by atoms with Gasteiger partial charge in [0, 0.05) is 67.0 Å². The van der Waals surface area contributed by atoms with E-state index in [1.165, 1.54) is 42.6 Å². The molecule has 0 spiro atoms. The van der Waals surface area contributed by atoms with Gasteiger partial charge in [0.2, 0.25) is 0 Å². The molecule has 364 valence electrons. The predicted molar refractivity (Wildman–Crippen MR) is 254 cm³/mol. The largest absolute Gasteiger partial charge is 0.443 e. The second-order valence-electron chi connectivity index (χ2n) is 17.3. The topological polar surface area (TPSA) is 232 Å². The van der Waals surface area contributed by atoms with E-state index in [-0.39, 0.29) is 83.9 Å². The number of carbonyl (C=O) groups is 3. The highest BCUT2D eigenvalue weighted by Crippen LogP contribution is 2.36. The van der Waals surface area contributed by atoms with Crippen LogP contribution in [0.15, 0.2) is 73.1 Å². The molecule has 2 atom stereocenters. The van der Waals surface area contributed by atoms with E-state index in [0.29, 0.717) is 6.92 Å². The number of carbonyl (C=O) groups excluding carboxylic acids is 3. The van der Waals surface area contributed by atoms with Crippen LogP contribution >= 0.6 is 0 Å². The number of benzene rings is 2. The van der Waals surface area contributed by atoms with Crippen molar-refractivity contribution in [2.24, 2.45) is 0 Å². The van der Waals surface area contributed by atoms with Crippen LogP contribution in [0.1, 0.15) is 125 Å². The maximum atomic E-state index is 15.2. The van der Waals surface area contributed by atoms with Crippen LogP contribution in [0.5, 0.6) is 0 Å². The number of fused-ring (bicyclic) bond motifs is 2. The molecule has 71 heavy (non-hydrogen) atoms. The van der Waals surface area contributed by atoms with Crippen molar-refractivity contribution in [2.75, 3.05) is 35.8 Å². The monoisotopic (exact) mass is 980 g/mol. The highest BCUT2D eigenvalue weighted by Gasteiger charge is 2.40. The molecule has 2 aromatic carbocycles. The molecular formula is C51H50F2N12O6. The summed E-state index contributed by atoms with van der Waals surface area (Å²) in [4.78, 5) is 49.2. The Kier molecular flexibility index (Phi) is 8.26. The maximum Gasteiger partial charge on any atom is 0.417 e. The van der Waals surface area contributed by atoms with Crippen molar-refractivity contribution in [2.45, 2.75) is 90.0 Å². The second kappa shape index (κ2) is 18.4. The Balaban J connectivity index is 0.000000210. The molecule has 0 radical (unpaired) electrons. The van der Waals surface area contributed by atoms with Gasteiger partial charge in [-0.3, -0.25) is 9.59 Å². The van der Waals surface area contributed by atoms with Gasteiger partial charge in [-0.1, -0.05) is 12.1 Å². The van der Waals surface area contributed by atoms with Crippen molar-refractivity contribution in [3.8, 4) is 46.0 Å². The summed E-state index contributed by atoms with van der Waals surface area (Å²) in [5.41, 5.74) is -7.90. The molecule has 4 aromatic heterocycles. The minimum atomic E-state index is -3.49. The number of halogens is 2. The third kappa shape index (κ3) is 9.64. The van der Waals surface area contributed by atoms with Crippen molar-refractivity contribution in [3.63, 3.8) is 0 Å². The number of hydrogen-bond donors (Lipinski definition) is 3. The Morgan fingerprint density at radius 3 is 1.76 bits per heavy atom. The van der Waals surface area contributed by atoms with Gasteiger partial charge in [-0.25, -0.2) is 37.8 Å². The molecule has 2 unspecified atom stereocenters. The number of pyridine rings is 2. The number of anilines is 2. The van der Waals surface area contributed by atoms with Gasteiger partial charge in [0.15, 0.2) is 11.6 Å². The van der Waals surface area contributed by atoms with Gasteiger partial charge in [-0.05, 0) is 96.5 Å². The number of hydrogen-bond acceptors (Lipinski definition) is 14. The SMILES string of the molecule is [2H]C1([2H])N(c2ccn(-c3cc(-c4c(F)cccc4C#N)nc4c3C(=O)N(C(=O)OC(C)(C)C)C4)n2)C([2H])([2H])C(C)(O)C([2H])([2H])C1([2H])[2H].[2H]C1([2H])N(c2ccn(-c3cc(-c4c(F)cccc4C#N)nc4c3C(=O)NC4)n2)C([2H])([2H])C(C)(O)C([2H])([2H])C1([2H])[2H]. The summed E-state index contributed by atoms with van der Waals surface area (Å²) in [6.07, 6.45) is -12.4. The van der Waals surface area contributed by atoms with Gasteiger partial charge in [-0.2, -0.15) is 20.7 Å². The Labute approximate surface area is 429 Å². The number of β-amino-alcohol motifs (C(OH)–C–C–N with tert-alkyl or cyclic N) is 2. The lowest BCUT2D eigenvalue weighted by molar-refractivity contribution is 0.0246. The zero-order valence-corrected chi connectivity index (χ0v) is 38.0. The van der Waals surface area contributed by atoms with Gasteiger partial charge in [0.25, 0.3) is 11.8 Å². The van der Waals surface area contributed by atoms with Crippen molar-refractivity contribution in [1.29, 1.82) is 10.5 Å². The molecule has 4 aliphatic heterocycles. The van der Waals surface area contributed by atoms with Gasteiger partial charge < -0.3 is 30.1 Å². The fraction of sp³-hybridized carbons (Fsp3) is 0.353. The van der Waals surface area contributed by atoms with Gasteiger partial charge >= 0.3 is 6.09 Å². The van der Waals surface area contributed by atoms with Crippen molar-refractivity contribution < 1.29 is 60.0 Å². The number of rotatable bonds is 6. The molecule has 10 rings (SSSR count). The number of imide groups is 1. The standard InChI is InChI=1S/C28H29FN6O4.C23H21FN6O2/c1-27(2,3)39-26(37)34-15-20-24(25(34)36)21(13-19(31-20)23-17(14-30)7-5-8-18(23)29)35-12-9-22(32-35)33-11-6-10-28(4,38)16-33;1-23(32)7-3-8-29(13-23)19-6-9-30(28-19)18-10-16(27-17-12-26-22(31)21(17)18)20-14(11-25)4-2-5-15(20)24/h5,7-9,12-13,38H,6,10-11,15-16H2,1-4H3;2,4-6,9-10,32H,3,7-8,12-13H2,1H3,(H,26,31)/i6D2,10D2,11D2,16D2;3D2,7D2,8D2,13D2. The number of aliphatic hydroxyl groups is 2. The Morgan fingerprint density at radius 2 is 1.27 bits per heavy atom. The number of amides is 3. The zero-order chi connectivity index (χ0) is 64.9. The lowest BCUT2D eigenvalue weighted by Crippen LogP contribution is -2.46. The fourth-order valence-electron chi connectivity index (χ4n) is 7.66. The summed E-state index contributed by atoms with van der Waals surface area (Å²) in [7, 11) is 0. The first-order valence-corrected chi connectivity index (χ1v) is 21.3. The number of ether oxygens (including phenoxy) is 1. The Morgan fingerprint density at radius 1 is 0.775 bits per heavy atom. The fourth-order valence-corrected chi connectivity index (χ4v) is 7.66. The van der Waals surface area contributed by atoms with Crippen LogP contribution in [0.3, 0.4) is 0 Å². The van der Waals surface area contributed by atoms with Gasteiger partial charge in [0.1, 0.15) is 17.2 Å². The van der Waals surface area contributed by atoms with Crippen molar-refractivity contribution >= 4 is 29.5 Å². The third-order valence-electron chi connectivity index (χ3n) is 10.7. The van der Waals surface area contributed by atoms with Gasteiger partial charge in [-0.15, -0.1) is 0 Å². The van der Waals surface area contributed by atoms with E-state index in [0.717, 1.165) is 51.6 Å². The van der Waals surface area contributed by atoms with Crippen molar-refractivity contribution in [3.05, 3.63) is 118 Å². The third-order valence-corrected chi connectivity index (χ3v) is 10.7. The minimum Gasteiger partial charge on any atom is -0.443 e. The van der Waals surface area contributed by atoms with Crippen LogP contribution in [0.4, 0.5) is 25.2 Å². The maximum absolute atomic E-state index is 15.2. The lowest BCUT2D eigenvalue weighted by Gasteiger charge is -2.36. The first kappa shape index (κ1) is 31.9. The summed E-state index contributed by atoms with van der Waals surface area (Å²) < 4.78 is 171. The number of nitrogens with one attached hydrogen (secondary N) is 1. The van der Waals surface area contributed by atoms with Crippen LogP contribution in [0, 0.1) is 34.3 Å². The van der Waals surface area contributed by atoms with E-state index < -0.39 is 116 Å². The summed E-state index contributed by atoms with van der Waals surface area (Å²) in [5.74, 6) is -4.14. The number of aromatic nitrogens is 6. The van der Waals surface area contributed by atoms with Gasteiger partial charge in [0.05, 0.1) is 109 Å². The van der Waals surface area contributed by atoms with Crippen molar-refractivity contribution in [1.82, 2.24) is 39.7 Å². The average Bonchev–Trinajstić information content (AvgIpc) is 0.791. The van der Waals surface area contributed by atoms with E-state index >= 15 is 4.39 Å². The van der Waals surface area contributed by atoms with E-state index in [4.69, 9.17) is 26.7 Å². The van der Waals surface area contributed by atoms with Crippen LogP contribution in [-0.4, -0.2) is 105 Å². The summed E-state index contributed by atoms with van der Waals surface area (Å²) in [6, 6.07) is 16.0. The van der Waals surface area contributed by atoms with E-state index in [2.05, 4.69) is 25.5 Å². The smallest absolute Gasteiger partial charge is 0.417 e. The Bertz CT molecular complexity index is 3930. The first-order valence-electron chi connectivity index (χ1n) is 29.3. The molecule has 0 saturated carbocycles. The van der Waals surface area contributed by atoms with Crippen LogP contribution in [0.2, 0.25) is 0 Å². The average molecular weight is 981 g/mol. The quantitative estimate of drug-likeness (QED) is 0.157. The van der Waals surface area contributed by atoms with Crippen LogP contribution in [0.25, 0.3) is 33.9 Å². The van der Waals surface area contributed by atoms with E-state index in [1.54, 1.807) is 20.8 Å². The number of nitriles is 2. The molecule has 3 N–H and O–H groups in total. The number of nitrogens with zero attached hydrogens (tertiary/aromatic N) is 11. The Hall–Kier alpha value is -8.07. The molecule has 18 nitrogen and oxygen atoms in total. The predicted octanol–water partition coefficient (Wildman–Crippen LogP) is 6.73. The zero-order valence-electron chi connectivity index (χ0n) is 54.0. The van der Waals surface area contributed by atoms with E-state index in [9.17, 15) is 39.5 Å². The number of piperidine rings is 2. The first-order chi connectivity index (χ1) is 39.8. The van der Waals surface area contributed by atoms with E-state index in [1.807, 2.05) is 12.1 Å². The highest BCUT2D eigenvalue weighted by atomic mass is 19.1. The molecule has 3 amide bonds. The molecule has 2 saturated heterocycles. The minimum absolute atomic E-state index is 0.00644. The second-order valence-corrected chi connectivity index (χ2v) is 17.3. The molecular weight excluding hydrogens is 915 g/mol. The summed E-state index contributed by atoms with van der Waals surface area (Å²) >= 11 is 0. The highest BCUT2D eigenvalue weighted by molar-refractivity contribution is 6.09. The van der Waals surface area contributed by atoms with Crippen LogP contribution in [-0.2, 0) is 17.8 Å². The summed E-state index contributed by atoms with van der Waals surface area (Å²) in [5, 5.41) is 52.1. The lowest BCUT2D eigenvalue weighted by atomic mass is 9.95. The molecule has 8 heterocycles. The molecule has 4 aliphatic rings. The molecule has 2 fully saturated rings. The molecule has 20 heteroatoms. The van der Waals surface area contributed by atoms with Crippen LogP contribution < -0.4 is 15.1 Å².